The van der Waals surface area contributed by atoms with Gasteiger partial charge in [-0.2, -0.15) is 13.2 Å². The number of carbonyl (C=O) groups excluding carboxylic acids is 1. The highest BCUT2D eigenvalue weighted by Crippen LogP contribution is 2.38. The van der Waals surface area contributed by atoms with Crippen LogP contribution in [0.5, 0.6) is 5.75 Å². The van der Waals surface area contributed by atoms with Gasteiger partial charge < -0.3 is 14.2 Å². The molecule has 2 aliphatic rings. The summed E-state index contributed by atoms with van der Waals surface area (Å²) in [4.78, 5) is 19.9. The fraction of sp³-hybridized carbons (Fsp3) is 0.389. The molecule has 28 heavy (non-hydrogen) atoms. The van der Waals surface area contributed by atoms with Gasteiger partial charge in [0, 0.05) is 17.2 Å². The lowest BCUT2D eigenvalue weighted by Crippen LogP contribution is -2.37. The van der Waals surface area contributed by atoms with Gasteiger partial charge in [-0.1, -0.05) is 11.8 Å². The normalized spacial score (nSPS) is 24.4. The molecular formula is C18H15F3N2O4S. The van der Waals surface area contributed by atoms with Crippen LogP contribution in [-0.2, 0) is 20.4 Å². The lowest BCUT2D eigenvalue weighted by molar-refractivity contribution is -0.151. The number of thioether (sulfide) groups is 1. The van der Waals surface area contributed by atoms with Crippen molar-refractivity contribution in [2.45, 2.75) is 35.4 Å². The molecule has 1 aromatic heterocycles. The van der Waals surface area contributed by atoms with Crippen LogP contribution in [0.15, 0.2) is 35.5 Å². The summed E-state index contributed by atoms with van der Waals surface area (Å²) in [5.74, 6) is 0.353. The van der Waals surface area contributed by atoms with Gasteiger partial charge in [0.2, 0.25) is 6.29 Å². The maximum absolute atomic E-state index is 13.4. The van der Waals surface area contributed by atoms with E-state index in [1.54, 1.807) is 24.3 Å². The van der Waals surface area contributed by atoms with Crippen molar-refractivity contribution in [1.82, 2.24) is 9.97 Å². The minimum absolute atomic E-state index is 0.0626. The van der Waals surface area contributed by atoms with Crippen LogP contribution in [0.2, 0.25) is 0 Å². The fourth-order valence-electron chi connectivity index (χ4n) is 2.99. The number of aromatic nitrogens is 2. The Morgan fingerprint density at radius 1 is 1.21 bits per heavy atom. The second kappa shape index (κ2) is 7.34. The molecule has 0 unspecified atom stereocenters. The van der Waals surface area contributed by atoms with E-state index in [0.29, 0.717) is 11.3 Å². The van der Waals surface area contributed by atoms with E-state index in [4.69, 9.17) is 14.2 Å². The highest BCUT2D eigenvalue weighted by Gasteiger charge is 2.44. The van der Waals surface area contributed by atoms with Crippen LogP contribution < -0.4 is 4.74 Å². The molecule has 0 aliphatic carbocycles. The number of alkyl halides is 3. The predicted molar refractivity (Wildman–Crippen MR) is 92.9 cm³/mol. The molecule has 0 saturated carbocycles. The minimum atomic E-state index is -4.63. The van der Waals surface area contributed by atoms with E-state index < -0.39 is 23.4 Å². The van der Waals surface area contributed by atoms with Gasteiger partial charge in [0.05, 0.1) is 25.5 Å². The number of ether oxygens (including phenoxy) is 3. The summed E-state index contributed by atoms with van der Waals surface area (Å²) in [6.45, 7) is 0.221. The van der Waals surface area contributed by atoms with Crippen LogP contribution in [0.3, 0.4) is 0 Å². The molecule has 2 saturated heterocycles. The molecule has 0 radical (unpaired) electrons. The van der Waals surface area contributed by atoms with E-state index in [1.165, 1.54) is 7.11 Å². The van der Waals surface area contributed by atoms with Crippen molar-refractivity contribution in [1.29, 1.82) is 0 Å². The van der Waals surface area contributed by atoms with Crippen LogP contribution in [0, 0.1) is 0 Å². The largest absolute Gasteiger partial charge is 0.497 e. The molecular weight excluding hydrogens is 397 g/mol. The van der Waals surface area contributed by atoms with E-state index >= 15 is 0 Å². The van der Waals surface area contributed by atoms with Gasteiger partial charge in [-0.3, -0.25) is 4.79 Å². The molecule has 10 heteroatoms. The number of nitrogens with zero attached hydrogens (tertiary/aromatic N) is 2. The zero-order valence-electron chi connectivity index (χ0n) is 14.6. The molecule has 0 spiro atoms. The summed E-state index contributed by atoms with van der Waals surface area (Å²) < 4.78 is 55.8. The zero-order valence-corrected chi connectivity index (χ0v) is 15.4. The molecule has 3 atom stereocenters. The molecule has 3 heterocycles. The summed E-state index contributed by atoms with van der Waals surface area (Å²) >= 11 is 1.00. The van der Waals surface area contributed by atoms with Crippen molar-refractivity contribution >= 4 is 17.5 Å². The van der Waals surface area contributed by atoms with E-state index in [9.17, 15) is 18.0 Å². The predicted octanol–water partition coefficient (Wildman–Crippen LogP) is 3.35. The van der Waals surface area contributed by atoms with Gasteiger partial charge in [-0.25, -0.2) is 9.97 Å². The Kier molecular flexibility index (Phi) is 5.02. The average molecular weight is 412 g/mol. The molecule has 2 fully saturated rings. The topological polar surface area (TPSA) is 70.5 Å². The third kappa shape index (κ3) is 3.85. The number of rotatable bonds is 4. The molecule has 1 aromatic carbocycles. The maximum atomic E-state index is 13.4. The van der Waals surface area contributed by atoms with Crippen LogP contribution in [-0.4, -0.2) is 47.1 Å². The first kappa shape index (κ1) is 19.2. The Labute approximate surface area is 162 Å². The number of hydrogen-bond donors (Lipinski definition) is 0. The highest BCUT2D eigenvalue weighted by molar-refractivity contribution is 7.99. The summed E-state index contributed by atoms with van der Waals surface area (Å²) in [6, 6.07) is 7.43. The number of halogens is 3. The molecule has 6 nitrogen and oxygen atoms in total. The minimum Gasteiger partial charge on any atom is -0.497 e. The molecule has 0 amide bonds. The monoisotopic (exact) mass is 412 g/mol. The summed E-state index contributed by atoms with van der Waals surface area (Å²) in [7, 11) is 1.50. The summed E-state index contributed by atoms with van der Waals surface area (Å²) in [6.07, 6.45) is -5.73. The van der Waals surface area contributed by atoms with Crippen molar-refractivity contribution in [2.75, 3.05) is 13.7 Å². The third-order valence-corrected chi connectivity index (χ3v) is 5.60. The number of Topliss-reactive ketones (excluding diaryl/α,β-unsaturated/α-hetero) is 1. The molecule has 0 N–H and O–H groups in total. The molecule has 4 rings (SSSR count). The Hall–Kier alpha value is -2.17. The number of carbonyl (C=O) groups is 1. The number of fused-ring (bicyclic) bond motifs is 2. The van der Waals surface area contributed by atoms with Gasteiger partial charge >= 0.3 is 6.18 Å². The molecule has 2 aromatic rings. The Balaban J connectivity index is 1.67. The average Bonchev–Trinajstić information content (AvgIpc) is 3.11. The number of ketones is 1. The second-order valence-electron chi connectivity index (χ2n) is 6.31. The summed E-state index contributed by atoms with van der Waals surface area (Å²) in [5, 5.41) is -0.467. The zero-order chi connectivity index (χ0) is 19.9. The fourth-order valence-corrected chi connectivity index (χ4v) is 4.11. The highest BCUT2D eigenvalue weighted by atomic mass is 32.2. The first-order valence-electron chi connectivity index (χ1n) is 8.40. The Bertz CT molecular complexity index is 891. The van der Waals surface area contributed by atoms with Crippen molar-refractivity contribution < 1.29 is 32.2 Å². The Morgan fingerprint density at radius 3 is 2.64 bits per heavy atom. The first-order valence-corrected chi connectivity index (χ1v) is 9.28. The molecule has 2 bridgehead atoms. The molecule has 148 valence electrons. The van der Waals surface area contributed by atoms with Crippen LogP contribution >= 0.6 is 11.8 Å². The number of hydrogen-bond acceptors (Lipinski definition) is 7. The van der Waals surface area contributed by atoms with Crippen molar-refractivity contribution in [2.24, 2.45) is 0 Å². The quantitative estimate of drug-likeness (QED) is 0.714. The van der Waals surface area contributed by atoms with E-state index in [0.717, 1.165) is 17.8 Å². The van der Waals surface area contributed by atoms with Crippen LogP contribution in [0.25, 0.3) is 11.3 Å². The summed E-state index contributed by atoms with van der Waals surface area (Å²) in [5.41, 5.74) is -0.411. The second-order valence-corrected chi connectivity index (χ2v) is 7.52. The number of methoxy groups -OCH3 is 1. The first-order chi connectivity index (χ1) is 13.3. The van der Waals surface area contributed by atoms with Crippen LogP contribution in [0.4, 0.5) is 13.2 Å². The van der Waals surface area contributed by atoms with Crippen molar-refractivity contribution in [3.63, 3.8) is 0 Å². The van der Waals surface area contributed by atoms with Crippen molar-refractivity contribution in [3.05, 3.63) is 36.0 Å². The van der Waals surface area contributed by atoms with E-state index in [-0.39, 0.29) is 35.8 Å². The third-order valence-electron chi connectivity index (χ3n) is 4.43. The Morgan fingerprint density at radius 2 is 1.96 bits per heavy atom. The van der Waals surface area contributed by atoms with E-state index in [1.807, 2.05) is 0 Å². The van der Waals surface area contributed by atoms with Gasteiger partial charge in [0.1, 0.15) is 11.4 Å². The lowest BCUT2D eigenvalue weighted by Gasteiger charge is -2.25. The van der Waals surface area contributed by atoms with E-state index in [2.05, 4.69) is 9.97 Å². The maximum Gasteiger partial charge on any atom is 0.433 e. The van der Waals surface area contributed by atoms with Crippen LogP contribution in [0.1, 0.15) is 12.1 Å². The van der Waals surface area contributed by atoms with Gasteiger partial charge in [-0.05, 0) is 30.3 Å². The van der Waals surface area contributed by atoms with Gasteiger partial charge in [-0.15, -0.1) is 0 Å². The number of benzene rings is 1. The van der Waals surface area contributed by atoms with Gasteiger partial charge in [0.15, 0.2) is 10.9 Å². The smallest absolute Gasteiger partial charge is 0.433 e. The standard InChI is InChI=1S/C18H15F3N2O4S/c1-25-10-4-2-9(3-5-10)11-6-15(18(19,20)21)23-17(22-11)28-14-7-12(24)16-26-8-13(14)27-16/h2-6,13-14,16H,7-8H2,1H3/t13-,14+,16-/m0/s1. The SMILES string of the molecule is COc1ccc(-c2cc(C(F)(F)F)nc(S[C@@H]3CC(=O)[C@H]4OC[C@@H]3O4)n2)cc1. The molecule has 2 aliphatic heterocycles. The lowest BCUT2D eigenvalue weighted by atomic mass is 10.1. The van der Waals surface area contributed by atoms with Crippen molar-refractivity contribution in [3.8, 4) is 17.0 Å². The van der Waals surface area contributed by atoms with Gasteiger partial charge in [0.25, 0.3) is 0 Å².